The van der Waals surface area contributed by atoms with Gasteiger partial charge in [0.05, 0.1) is 15.6 Å². The molecule has 0 saturated carbocycles. The first-order valence-electron chi connectivity index (χ1n) is 8.08. The van der Waals surface area contributed by atoms with Gasteiger partial charge in [-0.15, -0.1) is 0 Å². The summed E-state index contributed by atoms with van der Waals surface area (Å²) in [4.78, 5) is 10.9. The Bertz CT molecular complexity index is 1110. The maximum Gasteiger partial charge on any atom is 0.371 e. The highest BCUT2D eigenvalue weighted by atomic mass is 35.5. The summed E-state index contributed by atoms with van der Waals surface area (Å²) in [6, 6.07) is 13.7. The van der Waals surface area contributed by atoms with Gasteiger partial charge in [0.25, 0.3) is 10.0 Å². The highest BCUT2D eigenvalue weighted by Gasteiger charge is 2.15. The van der Waals surface area contributed by atoms with Gasteiger partial charge in [-0.25, -0.2) is 13.2 Å². The number of furan rings is 1. The van der Waals surface area contributed by atoms with E-state index in [4.69, 9.17) is 25.9 Å². The fraction of sp³-hybridized carbons (Fsp3) is 0.105. The summed E-state index contributed by atoms with van der Waals surface area (Å²) in [6.07, 6.45) is 0. The number of nitrogens with one attached hydrogen (secondary N) is 1. The largest absolute Gasteiger partial charge is 0.484 e. The molecule has 0 unspecified atom stereocenters. The molecule has 7 nitrogen and oxygen atoms in total. The van der Waals surface area contributed by atoms with Crippen molar-refractivity contribution in [3.63, 3.8) is 0 Å². The van der Waals surface area contributed by atoms with Crippen molar-refractivity contribution in [2.75, 3.05) is 4.72 Å². The monoisotopic (exact) mass is 421 g/mol. The number of anilines is 1. The Morgan fingerprint density at radius 2 is 1.86 bits per heavy atom. The third-order valence-corrected chi connectivity index (χ3v) is 5.45. The van der Waals surface area contributed by atoms with Crippen LogP contribution in [0.5, 0.6) is 5.75 Å². The topological polar surface area (TPSA) is 106 Å². The van der Waals surface area contributed by atoms with Crippen molar-refractivity contribution in [1.82, 2.24) is 0 Å². The lowest BCUT2D eigenvalue weighted by atomic mass is 10.2. The fourth-order valence-corrected chi connectivity index (χ4v) is 3.62. The van der Waals surface area contributed by atoms with E-state index in [-0.39, 0.29) is 28.0 Å². The summed E-state index contributed by atoms with van der Waals surface area (Å²) in [5.74, 6) is -0.745. The minimum absolute atomic E-state index is 0.0263. The molecule has 0 bridgehead atoms. The summed E-state index contributed by atoms with van der Waals surface area (Å²) in [5, 5.41) is 9.02. The van der Waals surface area contributed by atoms with E-state index in [9.17, 15) is 13.2 Å². The number of rotatable bonds is 7. The number of ether oxygens (including phenoxy) is 1. The van der Waals surface area contributed by atoms with Crippen LogP contribution in [-0.4, -0.2) is 19.5 Å². The molecule has 146 valence electrons. The Kier molecular flexibility index (Phi) is 5.62. The summed E-state index contributed by atoms with van der Waals surface area (Å²) >= 11 is 6.16. The molecule has 2 N–H and O–H groups in total. The van der Waals surface area contributed by atoms with Crippen LogP contribution in [0.25, 0.3) is 0 Å². The molecular weight excluding hydrogens is 406 g/mol. The van der Waals surface area contributed by atoms with E-state index in [2.05, 4.69) is 4.72 Å². The summed E-state index contributed by atoms with van der Waals surface area (Å²) in [5.41, 5.74) is 1.24. The van der Waals surface area contributed by atoms with Crippen LogP contribution in [0, 0.1) is 6.92 Å². The molecule has 0 atom stereocenters. The lowest BCUT2D eigenvalue weighted by molar-refractivity contribution is 0.0658. The molecule has 0 aliphatic carbocycles. The molecule has 0 saturated heterocycles. The first-order chi connectivity index (χ1) is 13.2. The highest BCUT2D eigenvalue weighted by molar-refractivity contribution is 7.92. The van der Waals surface area contributed by atoms with Crippen LogP contribution in [-0.2, 0) is 16.6 Å². The van der Waals surface area contributed by atoms with Gasteiger partial charge in [-0.1, -0.05) is 29.3 Å². The van der Waals surface area contributed by atoms with E-state index >= 15 is 0 Å². The SMILES string of the molecule is Cc1ccc(S(=O)(=O)Nc2ccc(OCc3ccc(C(=O)O)o3)c(Cl)c2)cc1. The Hall–Kier alpha value is -2.97. The van der Waals surface area contributed by atoms with E-state index < -0.39 is 16.0 Å². The third kappa shape index (κ3) is 4.65. The van der Waals surface area contributed by atoms with Crippen molar-refractivity contribution in [2.24, 2.45) is 0 Å². The number of carbonyl (C=O) groups is 1. The van der Waals surface area contributed by atoms with Crippen molar-refractivity contribution >= 4 is 33.3 Å². The van der Waals surface area contributed by atoms with Crippen molar-refractivity contribution < 1.29 is 27.5 Å². The minimum Gasteiger partial charge on any atom is -0.484 e. The van der Waals surface area contributed by atoms with E-state index in [0.717, 1.165) is 5.56 Å². The predicted molar refractivity (Wildman–Crippen MR) is 103 cm³/mol. The van der Waals surface area contributed by atoms with Gasteiger partial charge >= 0.3 is 5.97 Å². The predicted octanol–water partition coefficient (Wildman–Crippen LogP) is 4.32. The second-order valence-electron chi connectivity index (χ2n) is 5.92. The van der Waals surface area contributed by atoms with Crippen LogP contribution < -0.4 is 9.46 Å². The quantitative estimate of drug-likeness (QED) is 0.588. The molecule has 0 spiro atoms. The van der Waals surface area contributed by atoms with Gasteiger partial charge in [0.1, 0.15) is 18.1 Å². The molecule has 0 fully saturated rings. The molecule has 1 aromatic heterocycles. The average Bonchev–Trinajstić information content (AvgIpc) is 3.10. The van der Waals surface area contributed by atoms with Crippen molar-refractivity contribution in [3.05, 3.63) is 76.7 Å². The van der Waals surface area contributed by atoms with E-state index in [0.29, 0.717) is 11.5 Å². The molecule has 0 radical (unpaired) electrons. The van der Waals surface area contributed by atoms with Gasteiger partial charge in [-0.05, 0) is 49.4 Å². The number of halogens is 1. The molecule has 0 aliphatic heterocycles. The van der Waals surface area contributed by atoms with Crippen molar-refractivity contribution in [3.8, 4) is 5.75 Å². The molecule has 9 heteroatoms. The maximum absolute atomic E-state index is 12.4. The second-order valence-corrected chi connectivity index (χ2v) is 8.01. The zero-order chi connectivity index (χ0) is 20.3. The average molecular weight is 422 g/mol. The van der Waals surface area contributed by atoms with Gasteiger partial charge in [-0.2, -0.15) is 0 Å². The number of carboxylic acid groups (broad SMARTS) is 1. The fourth-order valence-electron chi connectivity index (χ4n) is 2.33. The van der Waals surface area contributed by atoms with Crippen LogP contribution in [0.15, 0.2) is 63.9 Å². The molecule has 2 aromatic carbocycles. The number of carboxylic acids is 1. The molecule has 1 heterocycles. The number of benzene rings is 2. The van der Waals surface area contributed by atoms with Gasteiger partial charge in [0.2, 0.25) is 5.76 Å². The molecule has 28 heavy (non-hydrogen) atoms. The van der Waals surface area contributed by atoms with Crippen LogP contribution in [0.1, 0.15) is 21.9 Å². The molecule has 0 amide bonds. The van der Waals surface area contributed by atoms with E-state index in [1.54, 1.807) is 12.1 Å². The summed E-state index contributed by atoms with van der Waals surface area (Å²) in [7, 11) is -3.74. The zero-order valence-corrected chi connectivity index (χ0v) is 16.3. The maximum atomic E-state index is 12.4. The van der Waals surface area contributed by atoms with Crippen molar-refractivity contribution in [1.29, 1.82) is 0 Å². The third-order valence-electron chi connectivity index (χ3n) is 3.76. The lowest BCUT2D eigenvalue weighted by Crippen LogP contribution is -2.12. The first kappa shape index (κ1) is 19.8. The van der Waals surface area contributed by atoms with Gasteiger partial charge in [0.15, 0.2) is 0 Å². The number of sulfonamides is 1. The van der Waals surface area contributed by atoms with E-state index in [1.807, 2.05) is 6.92 Å². The molecule has 0 aliphatic rings. The van der Waals surface area contributed by atoms with Crippen LogP contribution >= 0.6 is 11.6 Å². The van der Waals surface area contributed by atoms with Crippen LogP contribution in [0.4, 0.5) is 5.69 Å². The van der Waals surface area contributed by atoms with Crippen LogP contribution in [0.3, 0.4) is 0 Å². The molecular formula is C19H16ClNO6S. The molecule has 3 aromatic rings. The zero-order valence-electron chi connectivity index (χ0n) is 14.7. The van der Waals surface area contributed by atoms with Crippen LogP contribution in [0.2, 0.25) is 5.02 Å². The second kappa shape index (κ2) is 7.95. The van der Waals surface area contributed by atoms with Gasteiger partial charge in [-0.3, -0.25) is 4.72 Å². The Balaban J connectivity index is 1.69. The standard InChI is InChI=1S/C19H16ClNO6S/c1-12-2-6-15(7-3-12)28(24,25)21-13-4-8-17(16(20)10-13)26-11-14-5-9-18(27-14)19(22)23/h2-10,21H,11H2,1H3,(H,22,23). The number of aryl methyl sites for hydroxylation is 1. The van der Waals surface area contributed by atoms with Crippen molar-refractivity contribution in [2.45, 2.75) is 18.4 Å². The highest BCUT2D eigenvalue weighted by Crippen LogP contribution is 2.29. The summed E-state index contributed by atoms with van der Waals surface area (Å²) < 4.78 is 37.9. The Labute approximate surface area is 166 Å². The Morgan fingerprint density at radius 1 is 1.14 bits per heavy atom. The Morgan fingerprint density at radius 3 is 2.46 bits per heavy atom. The smallest absolute Gasteiger partial charge is 0.371 e. The number of hydrogen-bond donors (Lipinski definition) is 2. The number of aromatic carboxylic acids is 1. The van der Waals surface area contributed by atoms with Gasteiger partial charge in [0, 0.05) is 0 Å². The van der Waals surface area contributed by atoms with Gasteiger partial charge < -0.3 is 14.3 Å². The molecule has 3 rings (SSSR count). The number of hydrogen-bond acceptors (Lipinski definition) is 5. The lowest BCUT2D eigenvalue weighted by Gasteiger charge is -2.11. The normalized spacial score (nSPS) is 11.2. The van der Waals surface area contributed by atoms with E-state index in [1.165, 1.54) is 42.5 Å². The first-order valence-corrected chi connectivity index (χ1v) is 9.94. The summed E-state index contributed by atoms with van der Waals surface area (Å²) in [6.45, 7) is 1.84. The minimum atomic E-state index is -3.74.